The average Bonchev–Trinajstić information content (AvgIpc) is 2.27. The molecule has 2 nitrogen and oxygen atoms in total. The lowest BCUT2D eigenvalue weighted by Gasteiger charge is -2.13. The Bertz CT molecular complexity index is 300. The monoisotopic (exact) mass is 225 g/mol. The summed E-state index contributed by atoms with van der Waals surface area (Å²) < 4.78 is 0. The van der Waals surface area contributed by atoms with Gasteiger partial charge in [-0.3, -0.25) is 4.79 Å². The van der Waals surface area contributed by atoms with E-state index in [1.807, 2.05) is 37.3 Å². The molecular weight excluding hydrogens is 210 g/mol. The van der Waals surface area contributed by atoms with Crippen molar-refractivity contribution in [2.75, 3.05) is 5.88 Å². The highest BCUT2D eigenvalue weighted by molar-refractivity contribution is 6.17. The summed E-state index contributed by atoms with van der Waals surface area (Å²) >= 11 is 5.52. The predicted molar refractivity (Wildman–Crippen MR) is 63.0 cm³/mol. The molecule has 3 heteroatoms. The van der Waals surface area contributed by atoms with Crippen molar-refractivity contribution < 1.29 is 4.79 Å². The minimum absolute atomic E-state index is 0.0620. The highest BCUT2D eigenvalue weighted by atomic mass is 35.5. The van der Waals surface area contributed by atoms with Gasteiger partial charge in [0.25, 0.3) is 0 Å². The van der Waals surface area contributed by atoms with E-state index in [0.717, 1.165) is 12.0 Å². The van der Waals surface area contributed by atoms with E-state index in [9.17, 15) is 4.79 Å². The number of rotatable bonds is 5. The summed E-state index contributed by atoms with van der Waals surface area (Å²) in [6.07, 6.45) is 1.23. The van der Waals surface area contributed by atoms with Gasteiger partial charge in [-0.2, -0.15) is 0 Å². The fraction of sp³-hybridized carbons (Fsp3) is 0.417. The van der Waals surface area contributed by atoms with Crippen LogP contribution in [-0.4, -0.2) is 11.8 Å². The molecule has 1 rings (SSSR count). The highest BCUT2D eigenvalue weighted by Gasteiger charge is 2.07. The van der Waals surface area contributed by atoms with E-state index in [2.05, 4.69) is 5.32 Å². The van der Waals surface area contributed by atoms with Crippen LogP contribution < -0.4 is 5.32 Å². The van der Waals surface area contributed by atoms with Crippen LogP contribution in [0, 0.1) is 0 Å². The quantitative estimate of drug-likeness (QED) is 0.768. The van der Waals surface area contributed by atoms with Crippen molar-refractivity contribution in [3.05, 3.63) is 35.9 Å². The molecule has 0 heterocycles. The number of amides is 1. The van der Waals surface area contributed by atoms with Crippen LogP contribution in [0.5, 0.6) is 0 Å². The fourth-order valence-corrected chi connectivity index (χ4v) is 1.50. The lowest BCUT2D eigenvalue weighted by molar-refractivity contribution is -0.121. The normalized spacial score (nSPS) is 12.1. The summed E-state index contributed by atoms with van der Waals surface area (Å²) in [6, 6.07) is 9.98. The molecule has 0 aliphatic rings. The van der Waals surface area contributed by atoms with Crippen LogP contribution in [0.1, 0.15) is 31.4 Å². The lowest BCUT2D eigenvalue weighted by Crippen LogP contribution is -2.26. The second-order valence-electron chi connectivity index (χ2n) is 3.49. The summed E-state index contributed by atoms with van der Waals surface area (Å²) in [5.41, 5.74) is 1.12. The SMILES string of the molecule is C[C@@H](NC(=O)CCCCl)c1ccccc1. The number of carbonyl (C=O) groups is 1. The molecule has 0 aliphatic heterocycles. The summed E-state index contributed by atoms with van der Waals surface area (Å²) in [7, 11) is 0. The van der Waals surface area contributed by atoms with E-state index in [1.54, 1.807) is 0 Å². The van der Waals surface area contributed by atoms with Crippen molar-refractivity contribution in [3.63, 3.8) is 0 Å². The van der Waals surface area contributed by atoms with Gasteiger partial charge in [-0.1, -0.05) is 30.3 Å². The number of benzene rings is 1. The van der Waals surface area contributed by atoms with E-state index in [1.165, 1.54) is 0 Å². The maximum absolute atomic E-state index is 11.4. The van der Waals surface area contributed by atoms with Crippen molar-refractivity contribution in [1.29, 1.82) is 0 Å². The summed E-state index contributed by atoms with van der Waals surface area (Å²) in [6.45, 7) is 1.98. The van der Waals surface area contributed by atoms with Gasteiger partial charge in [-0.15, -0.1) is 11.6 Å². The fourth-order valence-electron chi connectivity index (χ4n) is 1.37. The first-order valence-corrected chi connectivity index (χ1v) is 5.67. The molecular formula is C12H16ClNO. The molecule has 0 bridgehead atoms. The molecule has 82 valence electrons. The second-order valence-corrected chi connectivity index (χ2v) is 3.87. The molecule has 1 amide bonds. The Labute approximate surface area is 95.6 Å². The molecule has 15 heavy (non-hydrogen) atoms. The van der Waals surface area contributed by atoms with E-state index in [-0.39, 0.29) is 11.9 Å². The molecule has 1 N–H and O–H groups in total. The number of nitrogens with one attached hydrogen (secondary N) is 1. The maximum Gasteiger partial charge on any atom is 0.220 e. The Kier molecular flexibility index (Phi) is 5.19. The molecule has 0 radical (unpaired) electrons. The van der Waals surface area contributed by atoms with Crippen LogP contribution in [0.25, 0.3) is 0 Å². The van der Waals surface area contributed by atoms with Gasteiger partial charge in [0.1, 0.15) is 0 Å². The first kappa shape index (κ1) is 12.1. The minimum atomic E-state index is 0.0620. The van der Waals surface area contributed by atoms with E-state index < -0.39 is 0 Å². The zero-order valence-electron chi connectivity index (χ0n) is 8.87. The van der Waals surface area contributed by atoms with Crippen molar-refractivity contribution in [2.24, 2.45) is 0 Å². The number of carbonyl (C=O) groups excluding carboxylic acids is 1. The van der Waals surface area contributed by atoms with Crippen molar-refractivity contribution in [1.82, 2.24) is 5.32 Å². The smallest absolute Gasteiger partial charge is 0.220 e. The van der Waals surface area contributed by atoms with Crippen LogP contribution in [0.3, 0.4) is 0 Å². The third kappa shape index (κ3) is 4.34. The standard InChI is InChI=1S/C12H16ClNO/c1-10(11-6-3-2-4-7-11)14-12(15)8-5-9-13/h2-4,6-7,10H,5,8-9H2,1H3,(H,14,15)/t10-/m1/s1. The van der Waals surface area contributed by atoms with Gasteiger partial charge >= 0.3 is 0 Å². The number of hydrogen-bond donors (Lipinski definition) is 1. The van der Waals surface area contributed by atoms with Gasteiger partial charge in [0.05, 0.1) is 6.04 Å². The average molecular weight is 226 g/mol. The Morgan fingerprint density at radius 3 is 2.67 bits per heavy atom. The van der Waals surface area contributed by atoms with E-state index in [4.69, 9.17) is 11.6 Å². The second kappa shape index (κ2) is 6.46. The van der Waals surface area contributed by atoms with Crippen molar-refractivity contribution in [2.45, 2.75) is 25.8 Å². The van der Waals surface area contributed by atoms with Gasteiger partial charge in [0, 0.05) is 12.3 Å². The van der Waals surface area contributed by atoms with Crippen LogP contribution in [0.15, 0.2) is 30.3 Å². The molecule has 0 aromatic heterocycles. The van der Waals surface area contributed by atoms with Crippen molar-refractivity contribution >= 4 is 17.5 Å². The van der Waals surface area contributed by atoms with Gasteiger partial charge in [0.2, 0.25) is 5.91 Å². The molecule has 0 aliphatic carbocycles. The Morgan fingerprint density at radius 1 is 1.40 bits per heavy atom. The van der Waals surface area contributed by atoms with Gasteiger partial charge < -0.3 is 5.32 Å². The number of hydrogen-bond acceptors (Lipinski definition) is 1. The number of halogens is 1. The van der Waals surface area contributed by atoms with Gasteiger partial charge in [0.15, 0.2) is 0 Å². The van der Waals surface area contributed by atoms with Crippen LogP contribution in [0.4, 0.5) is 0 Å². The first-order valence-electron chi connectivity index (χ1n) is 5.14. The summed E-state index contributed by atoms with van der Waals surface area (Å²) in [5.74, 6) is 0.597. The minimum Gasteiger partial charge on any atom is -0.350 e. The molecule has 0 saturated carbocycles. The van der Waals surface area contributed by atoms with E-state index in [0.29, 0.717) is 12.3 Å². The van der Waals surface area contributed by atoms with Crippen molar-refractivity contribution in [3.8, 4) is 0 Å². The first-order chi connectivity index (χ1) is 7.24. The lowest BCUT2D eigenvalue weighted by atomic mass is 10.1. The maximum atomic E-state index is 11.4. The third-order valence-corrected chi connectivity index (χ3v) is 2.48. The van der Waals surface area contributed by atoms with Crippen LogP contribution >= 0.6 is 11.6 Å². The summed E-state index contributed by atoms with van der Waals surface area (Å²) in [5, 5.41) is 2.93. The molecule has 0 fully saturated rings. The molecule has 0 saturated heterocycles. The zero-order valence-corrected chi connectivity index (χ0v) is 9.63. The van der Waals surface area contributed by atoms with Gasteiger partial charge in [-0.25, -0.2) is 0 Å². The highest BCUT2D eigenvalue weighted by Crippen LogP contribution is 2.11. The molecule has 0 spiro atoms. The largest absolute Gasteiger partial charge is 0.350 e. The third-order valence-electron chi connectivity index (χ3n) is 2.21. The molecule has 0 unspecified atom stereocenters. The van der Waals surface area contributed by atoms with Gasteiger partial charge in [-0.05, 0) is 18.9 Å². The van der Waals surface area contributed by atoms with Crippen LogP contribution in [-0.2, 0) is 4.79 Å². The Balaban J connectivity index is 2.42. The van der Waals surface area contributed by atoms with Crippen LogP contribution in [0.2, 0.25) is 0 Å². The summed E-state index contributed by atoms with van der Waals surface area (Å²) in [4.78, 5) is 11.4. The molecule has 1 aromatic carbocycles. The van der Waals surface area contributed by atoms with E-state index >= 15 is 0 Å². The Morgan fingerprint density at radius 2 is 2.07 bits per heavy atom. The zero-order chi connectivity index (χ0) is 11.1. The topological polar surface area (TPSA) is 29.1 Å². The predicted octanol–water partition coefficient (Wildman–Crippen LogP) is 2.88. The molecule has 1 atom stereocenters. The Hall–Kier alpha value is -1.02. The molecule has 1 aromatic rings. The number of alkyl halides is 1.